The van der Waals surface area contributed by atoms with Crippen molar-refractivity contribution in [2.75, 3.05) is 12.8 Å². The monoisotopic (exact) mass is 259 g/mol. The average molecular weight is 259 g/mol. The second-order valence-electron chi connectivity index (χ2n) is 5.92. The van der Waals surface area contributed by atoms with Gasteiger partial charge >= 0.3 is 0 Å². The number of hydrogen-bond donors (Lipinski definition) is 1. The van der Waals surface area contributed by atoms with E-state index in [1.54, 1.807) is 7.11 Å². The molecule has 0 aliphatic carbocycles. The van der Waals surface area contributed by atoms with Gasteiger partial charge in [-0.3, -0.25) is 0 Å². The van der Waals surface area contributed by atoms with Crippen LogP contribution >= 0.6 is 0 Å². The Bertz CT molecular complexity index is 567. The third-order valence-electron chi connectivity index (χ3n) is 2.92. The van der Waals surface area contributed by atoms with E-state index in [1.165, 1.54) is 5.69 Å². The van der Waals surface area contributed by atoms with Gasteiger partial charge in [-0.1, -0.05) is 20.8 Å². The minimum atomic E-state index is 0.218. The molecule has 4 heteroatoms. The molecule has 0 bridgehead atoms. The minimum Gasteiger partial charge on any atom is -0.495 e. The molecule has 1 aromatic heterocycles. The number of ether oxygens (including phenoxy) is 1. The topological polar surface area (TPSA) is 53.1 Å². The summed E-state index contributed by atoms with van der Waals surface area (Å²) >= 11 is 0. The first kappa shape index (κ1) is 13.5. The van der Waals surface area contributed by atoms with Crippen LogP contribution in [0.25, 0.3) is 5.69 Å². The fourth-order valence-electron chi connectivity index (χ4n) is 2.08. The third-order valence-corrected chi connectivity index (χ3v) is 2.92. The number of imidazole rings is 1. The third kappa shape index (κ3) is 3.08. The van der Waals surface area contributed by atoms with E-state index in [0.29, 0.717) is 11.4 Å². The van der Waals surface area contributed by atoms with Crippen molar-refractivity contribution in [2.24, 2.45) is 5.41 Å². The first-order valence-corrected chi connectivity index (χ1v) is 6.36. The lowest BCUT2D eigenvalue weighted by molar-refractivity contribution is 0.403. The maximum Gasteiger partial charge on any atom is 0.143 e. The first-order valence-electron chi connectivity index (χ1n) is 6.36. The molecule has 0 fully saturated rings. The lowest BCUT2D eigenvalue weighted by Gasteiger charge is -2.19. The van der Waals surface area contributed by atoms with Crippen LogP contribution in [0.3, 0.4) is 0 Å². The summed E-state index contributed by atoms with van der Waals surface area (Å²) in [5.74, 6) is 0.688. The quantitative estimate of drug-likeness (QED) is 0.862. The van der Waals surface area contributed by atoms with Crippen molar-refractivity contribution in [3.8, 4) is 11.4 Å². The fraction of sp³-hybridized carbons (Fsp3) is 0.400. The predicted octanol–water partition coefficient (Wildman–Crippen LogP) is 3.05. The summed E-state index contributed by atoms with van der Waals surface area (Å²) in [6.07, 6.45) is 4.69. The highest BCUT2D eigenvalue weighted by Crippen LogP contribution is 2.27. The van der Waals surface area contributed by atoms with Crippen LogP contribution in [0.15, 0.2) is 30.7 Å². The van der Waals surface area contributed by atoms with Crippen LogP contribution in [-0.4, -0.2) is 16.7 Å². The fourth-order valence-corrected chi connectivity index (χ4v) is 2.08. The highest BCUT2D eigenvalue weighted by atomic mass is 16.5. The van der Waals surface area contributed by atoms with Crippen LogP contribution in [0.4, 0.5) is 5.69 Å². The number of nitrogens with two attached hydrogens (primary N) is 1. The van der Waals surface area contributed by atoms with E-state index in [1.807, 2.05) is 30.7 Å². The molecule has 2 N–H and O–H groups in total. The Morgan fingerprint density at radius 2 is 2.05 bits per heavy atom. The zero-order chi connectivity index (χ0) is 14.0. The van der Waals surface area contributed by atoms with Gasteiger partial charge in [0.25, 0.3) is 0 Å². The number of methoxy groups -OCH3 is 1. The van der Waals surface area contributed by atoms with Crippen molar-refractivity contribution in [3.05, 3.63) is 36.4 Å². The molecule has 1 heterocycles. The summed E-state index contributed by atoms with van der Waals surface area (Å²) in [4.78, 5) is 4.25. The van der Waals surface area contributed by atoms with Gasteiger partial charge in [-0.2, -0.15) is 0 Å². The molecule has 1 aromatic carbocycles. The van der Waals surface area contributed by atoms with Gasteiger partial charge in [0, 0.05) is 18.0 Å². The molecule has 0 spiro atoms. The van der Waals surface area contributed by atoms with Crippen molar-refractivity contribution in [1.82, 2.24) is 9.55 Å². The van der Waals surface area contributed by atoms with Crippen LogP contribution in [0.1, 0.15) is 26.5 Å². The summed E-state index contributed by atoms with van der Waals surface area (Å²) in [6.45, 7) is 6.65. The van der Waals surface area contributed by atoms with Crippen LogP contribution in [0, 0.1) is 5.41 Å². The summed E-state index contributed by atoms with van der Waals surface area (Å²) in [5.41, 5.74) is 8.90. The molecule has 0 saturated carbocycles. The summed E-state index contributed by atoms with van der Waals surface area (Å²) in [5, 5.41) is 0. The highest BCUT2D eigenvalue weighted by molar-refractivity contribution is 5.57. The van der Waals surface area contributed by atoms with Gasteiger partial charge in [0.15, 0.2) is 0 Å². The average Bonchev–Trinajstić information content (AvgIpc) is 2.75. The molecule has 2 rings (SSSR count). The molecular formula is C15H21N3O. The minimum absolute atomic E-state index is 0.218. The molecule has 0 aliphatic rings. The number of anilines is 1. The van der Waals surface area contributed by atoms with E-state index < -0.39 is 0 Å². The SMILES string of the molecule is COc1cc(-n2cncc2CC(C)(C)C)ccc1N. The van der Waals surface area contributed by atoms with Crippen molar-refractivity contribution >= 4 is 5.69 Å². The van der Waals surface area contributed by atoms with Crippen molar-refractivity contribution in [2.45, 2.75) is 27.2 Å². The van der Waals surface area contributed by atoms with Crippen molar-refractivity contribution in [3.63, 3.8) is 0 Å². The van der Waals surface area contributed by atoms with Gasteiger partial charge in [0.1, 0.15) is 5.75 Å². The summed E-state index contributed by atoms with van der Waals surface area (Å²) in [7, 11) is 1.62. The molecular weight excluding hydrogens is 238 g/mol. The molecule has 0 saturated heterocycles. The Morgan fingerprint density at radius 1 is 1.32 bits per heavy atom. The molecule has 0 aliphatic heterocycles. The Balaban J connectivity index is 2.40. The van der Waals surface area contributed by atoms with Gasteiger partial charge in [-0.15, -0.1) is 0 Å². The number of aromatic nitrogens is 2. The highest BCUT2D eigenvalue weighted by Gasteiger charge is 2.15. The van der Waals surface area contributed by atoms with Crippen LogP contribution < -0.4 is 10.5 Å². The van der Waals surface area contributed by atoms with E-state index in [0.717, 1.165) is 12.1 Å². The number of nitrogen functional groups attached to an aromatic ring is 1. The normalized spacial score (nSPS) is 11.6. The van der Waals surface area contributed by atoms with Crippen LogP contribution in [0.2, 0.25) is 0 Å². The van der Waals surface area contributed by atoms with Crippen LogP contribution in [0.5, 0.6) is 5.75 Å². The van der Waals surface area contributed by atoms with Gasteiger partial charge < -0.3 is 15.0 Å². The number of benzene rings is 1. The van der Waals surface area contributed by atoms with Crippen molar-refractivity contribution in [1.29, 1.82) is 0 Å². The van der Waals surface area contributed by atoms with Gasteiger partial charge in [0.2, 0.25) is 0 Å². The van der Waals surface area contributed by atoms with E-state index in [-0.39, 0.29) is 5.41 Å². The maximum absolute atomic E-state index is 5.84. The Labute approximate surface area is 114 Å². The molecule has 0 atom stereocenters. The number of hydrogen-bond acceptors (Lipinski definition) is 3. The molecule has 2 aromatic rings. The van der Waals surface area contributed by atoms with E-state index in [9.17, 15) is 0 Å². The zero-order valence-corrected chi connectivity index (χ0v) is 12.0. The molecule has 0 radical (unpaired) electrons. The van der Waals surface area contributed by atoms with Gasteiger partial charge in [-0.25, -0.2) is 4.98 Å². The Hall–Kier alpha value is -1.97. The van der Waals surface area contributed by atoms with E-state index >= 15 is 0 Å². The molecule has 19 heavy (non-hydrogen) atoms. The number of rotatable bonds is 3. The van der Waals surface area contributed by atoms with Crippen LogP contribution in [-0.2, 0) is 6.42 Å². The lowest BCUT2D eigenvalue weighted by Crippen LogP contribution is -2.12. The number of nitrogens with zero attached hydrogens (tertiary/aromatic N) is 2. The summed E-state index contributed by atoms with van der Waals surface area (Å²) in [6, 6.07) is 5.77. The molecule has 4 nitrogen and oxygen atoms in total. The lowest BCUT2D eigenvalue weighted by atomic mass is 9.91. The van der Waals surface area contributed by atoms with Gasteiger partial charge in [0.05, 0.1) is 24.8 Å². The Kier molecular flexibility index (Phi) is 3.51. The molecule has 102 valence electrons. The summed E-state index contributed by atoms with van der Waals surface area (Å²) < 4.78 is 7.34. The van der Waals surface area contributed by atoms with Crippen molar-refractivity contribution < 1.29 is 4.74 Å². The second kappa shape index (κ2) is 4.96. The van der Waals surface area contributed by atoms with E-state index in [2.05, 4.69) is 30.3 Å². The maximum atomic E-state index is 5.84. The van der Waals surface area contributed by atoms with E-state index in [4.69, 9.17) is 10.5 Å². The zero-order valence-electron chi connectivity index (χ0n) is 12.0. The Morgan fingerprint density at radius 3 is 2.68 bits per heavy atom. The molecule has 0 amide bonds. The standard InChI is InChI=1S/C15H21N3O/c1-15(2,3)8-12-9-17-10-18(12)11-5-6-13(16)14(7-11)19-4/h5-7,9-10H,8,16H2,1-4H3. The largest absolute Gasteiger partial charge is 0.495 e. The predicted molar refractivity (Wildman–Crippen MR) is 77.7 cm³/mol. The second-order valence-corrected chi connectivity index (χ2v) is 5.92. The van der Waals surface area contributed by atoms with Gasteiger partial charge in [-0.05, 0) is 24.0 Å². The first-order chi connectivity index (χ1) is 8.90. The molecule has 0 unspecified atom stereocenters. The smallest absolute Gasteiger partial charge is 0.143 e.